The van der Waals surface area contributed by atoms with Crippen molar-refractivity contribution in [1.29, 1.82) is 0 Å². The predicted octanol–water partition coefficient (Wildman–Crippen LogP) is 13.2. The molecule has 212 valence electrons. The zero-order chi connectivity index (χ0) is 29.7. The highest BCUT2D eigenvalue weighted by Crippen LogP contribution is 2.50. The van der Waals surface area contributed by atoms with Crippen LogP contribution in [0.15, 0.2) is 164 Å². The maximum Gasteiger partial charge on any atom is 0.0641 e. The van der Waals surface area contributed by atoms with E-state index in [0.717, 1.165) is 11.4 Å². The zero-order valence-electron chi connectivity index (χ0n) is 24.4. The Kier molecular flexibility index (Phi) is 6.26. The van der Waals surface area contributed by atoms with Crippen molar-refractivity contribution < 1.29 is 0 Å². The van der Waals surface area contributed by atoms with Crippen molar-refractivity contribution >= 4 is 80.1 Å². The molecule has 0 spiro atoms. The number of benzene rings is 7. The first-order chi connectivity index (χ1) is 22.3. The molecule has 2 aromatic heterocycles. The van der Waals surface area contributed by atoms with Gasteiger partial charge in [-0.25, -0.2) is 0 Å². The van der Waals surface area contributed by atoms with E-state index in [4.69, 9.17) is 0 Å². The van der Waals surface area contributed by atoms with Gasteiger partial charge in [0, 0.05) is 46.9 Å². The van der Waals surface area contributed by atoms with E-state index in [1.807, 2.05) is 22.7 Å². The van der Waals surface area contributed by atoms with Gasteiger partial charge in [-0.2, -0.15) is 0 Å². The summed E-state index contributed by atoms with van der Waals surface area (Å²) in [4.78, 5) is 2.49. The number of anilines is 3. The van der Waals surface area contributed by atoms with E-state index in [1.165, 1.54) is 68.3 Å². The zero-order valence-corrected chi connectivity index (χ0v) is 26.0. The summed E-state index contributed by atoms with van der Waals surface area (Å²) < 4.78 is 5.21. The van der Waals surface area contributed by atoms with Crippen LogP contribution in [0.4, 0.5) is 17.1 Å². The van der Waals surface area contributed by atoms with Crippen LogP contribution in [0.3, 0.4) is 0 Å². The van der Waals surface area contributed by atoms with E-state index < -0.39 is 0 Å². The SMILES string of the molecule is c1ccc(-c2ccccc2N(c2ccc3sc4ccccc4c3c2)c2ccc(-c3ccccc3)c3c2sc2ccccc23)cc1. The molecule has 0 unspecified atom stereocenters. The topological polar surface area (TPSA) is 3.24 Å². The van der Waals surface area contributed by atoms with Crippen LogP contribution in [0.5, 0.6) is 0 Å². The van der Waals surface area contributed by atoms with Gasteiger partial charge in [-0.05, 0) is 59.2 Å². The molecule has 0 saturated heterocycles. The minimum Gasteiger partial charge on any atom is -0.308 e. The molecule has 2 heterocycles. The van der Waals surface area contributed by atoms with Crippen molar-refractivity contribution in [2.24, 2.45) is 0 Å². The maximum atomic E-state index is 2.49. The summed E-state index contributed by atoms with van der Waals surface area (Å²) in [7, 11) is 0. The fourth-order valence-electron chi connectivity index (χ4n) is 6.64. The number of rotatable bonds is 5. The Labute approximate surface area is 269 Å². The Morgan fingerprint density at radius 1 is 0.378 bits per heavy atom. The second kappa shape index (κ2) is 10.7. The molecule has 0 saturated carbocycles. The summed E-state index contributed by atoms with van der Waals surface area (Å²) in [6.07, 6.45) is 0. The number of fused-ring (bicyclic) bond motifs is 6. The first-order valence-corrected chi connectivity index (χ1v) is 16.8. The van der Waals surface area contributed by atoms with Gasteiger partial charge >= 0.3 is 0 Å². The molecule has 9 rings (SSSR count). The molecule has 0 bridgehead atoms. The highest BCUT2D eigenvalue weighted by atomic mass is 32.1. The highest BCUT2D eigenvalue weighted by Gasteiger charge is 2.23. The average molecular weight is 610 g/mol. The quantitative estimate of drug-likeness (QED) is 0.188. The summed E-state index contributed by atoms with van der Waals surface area (Å²) >= 11 is 3.75. The molecule has 0 aliphatic heterocycles. The van der Waals surface area contributed by atoms with Gasteiger partial charge < -0.3 is 4.90 Å². The Balaban J connectivity index is 1.38. The lowest BCUT2D eigenvalue weighted by Gasteiger charge is -2.29. The van der Waals surface area contributed by atoms with E-state index in [2.05, 4.69) is 169 Å². The summed E-state index contributed by atoms with van der Waals surface area (Å²) in [5.74, 6) is 0. The van der Waals surface area contributed by atoms with Crippen LogP contribution in [-0.4, -0.2) is 0 Å². The summed E-state index contributed by atoms with van der Waals surface area (Å²) in [6.45, 7) is 0. The molecule has 7 aromatic carbocycles. The molecular formula is C42H27NS2. The third-order valence-electron chi connectivity index (χ3n) is 8.68. The molecule has 3 heteroatoms. The molecule has 45 heavy (non-hydrogen) atoms. The van der Waals surface area contributed by atoms with E-state index in [1.54, 1.807) is 0 Å². The number of nitrogens with zero attached hydrogens (tertiary/aromatic N) is 1. The van der Waals surface area contributed by atoms with Crippen molar-refractivity contribution in [3.63, 3.8) is 0 Å². The lowest BCUT2D eigenvalue weighted by molar-refractivity contribution is 1.31. The van der Waals surface area contributed by atoms with Crippen LogP contribution < -0.4 is 4.90 Å². The standard InChI is InChI=1S/C42H27NS2/c1-3-13-28(14-4-1)31-17-7-10-20-36(31)43(30-23-26-40-35(27-30)33-18-8-11-21-38(33)44-40)37-25-24-32(29-15-5-2-6-16-29)41-34-19-9-12-22-39(34)45-42(37)41/h1-27H. The van der Waals surface area contributed by atoms with Gasteiger partial charge in [0.05, 0.1) is 16.1 Å². The molecule has 1 nitrogen and oxygen atoms in total. The Morgan fingerprint density at radius 3 is 1.76 bits per heavy atom. The molecular weight excluding hydrogens is 583 g/mol. The van der Waals surface area contributed by atoms with Crippen molar-refractivity contribution in [3.8, 4) is 22.3 Å². The van der Waals surface area contributed by atoms with Gasteiger partial charge in [-0.3, -0.25) is 0 Å². The van der Waals surface area contributed by atoms with Crippen LogP contribution >= 0.6 is 22.7 Å². The minimum absolute atomic E-state index is 1.15. The molecule has 0 fully saturated rings. The van der Waals surface area contributed by atoms with Gasteiger partial charge in [0.2, 0.25) is 0 Å². The fourth-order valence-corrected chi connectivity index (χ4v) is 8.96. The Hall–Kier alpha value is -5.22. The first kappa shape index (κ1) is 26.2. The van der Waals surface area contributed by atoms with Crippen molar-refractivity contribution in [1.82, 2.24) is 0 Å². The summed E-state index contributed by atoms with van der Waals surface area (Å²) in [5, 5.41) is 5.21. The molecule has 9 aromatic rings. The predicted molar refractivity (Wildman–Crippen MR) is 198 cm³/mol. The highest BCUT2D eigenvalue weighted by molar-refractivity contribution is 7.26. The second-order valence-electron chi connectivity index (χ2n) is 11.3. The van der Waals surface area contributed by atoms with Gasteiger partial charge in [-0.15, -0.1) is 22.7 Å². The molecule has 0 N–H and O–H groups in total. The third-order valence-corrected chi connectivity index (χ3v) is 11.0. The van der Waals surface area contributed by atoms with Crippen LogP contribution in [0.2, 0.25) is 0 Å². The molecule has 0 aliphatic rings. The number of para-hydroxylation sites is 1. The van der Waals surface area contributed by atoms with Crippen molar-refractivity contribution in [2.45, 2.75) is 0 Å². The van der Waals surface area contributed by atoms with Gasteiger partial charge in [0.15, 0.2) is 0 Å². The molecule has 0 amide bonds. The smallest absolute Gasteiger partial charge is 0.0641 e. The van der Waals surface area contributed by atoms with E-state index >= 15 is 0 Å². The number of thiophene rings is 2. The third kappa shape index (κ3) is 4.35. The average Bonchev–Trinajstić information content (AvgIpc) is 3.68. The van der Waals surface area contributed by atoms with E-state index in [-0.39, 0.29) is 0 Å². The Morgan fingerprint density at radius 2 is 0.978 bits per heavy atom. The lowest BCUT2D eigenvalue weighted by Crippen LogP contribution is -2.11. The van der Waals surface area contributed by atoms with Crippen molar-refractivity contribution in [2.75, 3.05) is 4.90 Å². The monoisotopic (exact) mass is 609 g/mol. The van der Waals surface area contributed by atoms with Crippen LogP contribution in [0.25, 0.3) is 62.6 Å². The number of hydrogen-bond acceptors (Lipinski definition) is 3. The molecule has 0 aliphatic carbocycles. The van der Waals surface area contributed by atoms with Crippen molar-refractivity contribution in [3.05, 3.63) is 164 Å². The van der Waals surface area contributed by atoms with Crippen LogP contribution in [0.1, 0.15) is 0 Å². The van der Waals surface area contributed by atoms with E-state index in [0.29, 0.717) is 0 Å². The Bertz CT molecular complexity index is 2490. The molecule has 0 radical (unpaired) electrons. The maximum absolute atomic E-state index is 2.49. The molecule has 0 atom stereocenters. The van der Waals surface area contributed by atoms with Crippen LogP contribution in [0, 0.1) is 0 Å². The van der Waals surface area contributed by atoms with Gasteiger partial charge in [-0.1, -0.05) is 121 Å². The minimum atomic E-state index is 1.15. The van der Waals surface area contributed by atoms with Gasteiger partial charge in [0.25, 0.3) is 0 Å². The normalized spacial score (nSPS) is 11.6. The summed E-state index contributed by atoms with van der Waals surface area (Å²) in [6, 6.07) is 59.6. The van der Waals surface area contributed by atoms with Gasteiger partial charge in [0.1, 0.15) is 0 Å². The second-order valence-corrected chi connectivity index (χ2v) is 13.4. The fraction of sp³-hybridized carbons (Fsp3) is 0. The lowest BCUT2D eigenvalue weighted by atomic mass is 9.97. The number of hydrogen-bond donors (Lipinski definition) is 0. The van der Waals surface area contributed by atoms with Crippen LogP contribution in [-0.2, 0) is 0 Å². The van der Waals surface area contributed by atoms with E-state index in [9.17, 15) is 0 Å². The largest absolute Gasteiger partial charge is 0.308 e. The summed E-state index contributed by atoms with van der Waals surface area (Å²) in [5.41, 5.74) is 8.41. The first-order valence-electron chi connectivity index (χ1n) is 15.2.